The average molecular weight is 289 g/mol. The van der Waals surface area contributed by atoms with Gasteiger partial charge in [0.05, 0.1) is 0 Å². The van der Waals surface area contributed by atoms with Crippen molar-refractivity contribution in [1.82, 2.24) is 5.32 Å². The number of piperazine rings is 1. The molecule has 3 nitrogen and oxygen atoms in total. The van der Waals surface area contributed by atoms with Gasteiger partial charge < -0.3 is 15.1 Å². The van der Waals surface area contributed by atoms with E-state index in [1.165, 1.54) is 24.2 Å². The van der Waals surface area contributed by atoms with Gasteiger partial charge in [0.1, 0.15) is 0 Å². The van der Waals surface area contributed by atoms with E-state index in [2.05, 4.69) is 67.1 Å². The molecule has 1 aliphatic rings. The van der Waals surface area contributed by atoms with Crippen molar-refractivity contribution >= 4 is 11.4 Å². The van der Waals surface area contributed by atoms with Gasteiger partial charge in [-0.05, 0) is 51.0 Å². The predicted molar refractivity (Wildman–Crippen MR) is 93.5 cm³/mol. The van der Waals surface area contributed by atoms with Crippen molar-refractivity contribution in [2.45, 2.75) is 46.1 Å². The summed E-state index contributed by atoms with van der Waals surface area (Å²) in [7, 11) is 0. The minimum atomic E-state index is 0.287. The fraction of sp³-hybridized carbons (Fsp3) is 0.667. The van der Waals surface area contributed by atoms with Gasteiger partial charge in [-0.1, -0.05) is 13.8 Å². The Morgan fingerprint density at radius 3 is 2.19 bits per heavy atom. The van der Waals surface area contributed by atoms with E-state index in [0.29, 0.717) is 0 Å². The molecule has 0 spiro atoms. The van der Waals surface area contributed by atoms with Crippen LogP contribution in [0.5, 0.6) is 0 Å². The van der Waals surface area contributed by atoms with E-state index in [9.17, 15) is 0 Å². The second kappa shape index (κ2) is 7.17. The molecule has 0 aromatic heterocycles. The summed E-state index contributed by atoms with van der Waals surface area (Å²) < 4.78 is 0. The SMILES string of the molecule is CCN(CC)c1ccc(N2CCNC(CC)(CC)C2)cc1. The number of benzene rings is 1. The predicted octanol–water partition coefficient (Wildman–Crippen LogP) is 3.50. The molecule has 0 unspecified atom stereocenters. The summed E-state index contributed by atoms with van der Waals surface area (Å²) in [5.41, 5.74) is 2.98. The number of hydrogen-bond donors (Lipinski definition) is 1. The first-order chi connectivity index (χ1) is 10.2. The first-order valence-corrected chi connectivity index (χ1v) is 8.53. The van der Waals surface area contributed by atoms with Gasteiger partial charge in [-0.15, -0.1) is 0 Å². The highest BCUT2D eigenvalue weighted by Gasteiger charge is 2.31. The Kier molecular flexibility index (Phi) is 5.51. The highest BCUT2D eigenvalue weighted by molar-refractivity contribution is 5.56. The topological polar surface area (TPSA) is 18.5 Å². The summed E-state index contributed by atoms with van der Waals surface area (Å²) in [5, 5.41) is 3.73. The molecular weight excluding hydrogens is 258 g/mol. The van der Waals surface area contributed by atoms with Crippen molar-refractivity contribution in [2.75, 3.05) is 42.5 Å². The average Bonchev–Trinajstić information content (AvgIpc) is 2.56. The minimum absolute atomic E-state index is 0.287. The monoisotopic (exact) mass is 289 g/mol. The van der Waals surface area contributed by atoms with Gasteiger partial charge in [0.2, 0.25) is 0 Å². The summed E-state index contributed by atoms with van der Waals surface area (Å²) >= 11 is 0. The van der Waals surface area contributed by atoms with Gasteiger partial charge in [0.15, 0.2) is 0 Å². The molecule has 0 radical (unpaired) electrons. The molecular formula is C18H31N3. The maximum atomic E-state index is 3.73. The first kappa shape index (κ1) is 16.2. The fourth-order valence-electron chi connectivity index (χ4n) is 3.36. The lowest BCUT2D eigenvalue weighted by Gasteiger charge is -2.44. The normalized spacial score (nSPS) is 17.8. The molecule has 0 aliphatic carbocycles. The van der Waals surface area contributed by atoms with E-state index in [0.717, 1.165) is 32.7 Å². The largest absolute Gasteiger partial charge is 0.372 e. The summed E-state index contributed by atoms with van der Waals surface area (Å²) in [5.74, 6) is 0. The van der Waals surface area contributed by atoms with Crippen molar-refractivity contribution in [2.24, 2.45) is 0 Å². The number of hydrogen-bond acceptors (Lipinski definition) is 3. The van der Waals surface area contributed by atoms with Crippen LogP contribution in [0.1, 0.15) is 40.5 Å². The molecule has 1 aromatic rings. The number of nitrogens with one attached hydrogen (secondary N) is 1. The molecule has 0 atom stereocenters. The summed E-state index contributed by atoms with van der Waals surface area (Å²) in [6.45, 7) is 14.5. The van der Waals surface area contributed by atoms with Crippen molar-refractivity contribution < 1.29 is 0 Å². The lowest BCUT2D eigenvalue weighted by Crippen LogP contribution is -2.60. The van der Waals surface area contributed by atoms with E-state index in [1.807, 2.05) is 0 Å². The molecule has 1 aliphatic heterocycles. The van der Waals surface area contributed by atoms with Crippen molar-refractivity contribution in [1.29, 1.82) is 0 Å². The van der Waals surface area contributed by atoms with Crippen molar-refractivity contribution in [3.05, 3.63) is 24.3 Å². The Labute approximate surface area is 130 Å². The van der Waals surface area contributed by atoms with Gasteiger partial charge in [-0.3, -0.25) is 0 Å². The molecule has 1 N–H and O–H groups in total. The number of rotatable bonds is 6. The fourth-order valence-corrected chi connectivity index (χ4v) is 3.36. The van der Waals surface area contributed by atoms with Crippen LogP contribution in [0.25, 0.3) is 0 Å². The Morgan fingerprint density at radius 2 is 1.67 bits per heavy atom. The van der Waals surface area contributed by atoms with Crippen LogP contribution >= 0.6 is 0 Å². The maximum Gasteiger partial charge on any atom is 0.0368 e. The minimum Gasteiger partial charge on any atom is -0.372 e. The molecule has 0 saturated carbocycles. The van der Waals surface area contributed by atoms with Crippen molar-refractivity contribution in [3.63, 3.8) is 0 Å². The quantitative estimate of drug-likeness (QED) is 0.864. The van der Waals surface area contributed by atoms with E-state index in [1.54, 1.807) is 0 Å². The van der Waals surface area contributed by atoms with Crippen LogP contribution in [-0.4, -0.2) is 38.3 Å². The first-order valence-electron chi connectivity index (χ1n) is 8.53. The third-order valence-electron chi connectivity index (χ3n) is 5.07. The molecule has 3 heteroatoms. The number of anilines is 2. The van der Waals surface area contributed by atoms with Gasteiger partial charge in [0, 0.05) is 49.6 Å². The molecule has 0 amide bonds. The molecule has 1 fully saturated rings. The number of nitrogens with zero attached hydrogens (tertiary/aromatic N) is 2. The lowest BCUT2D eigenvalue weighted by atomic mass is 9.90. The third-order valence-corrected chi connectivity index (χ3v) is 5.07. The smallest absolute Gasteiger partial charge is 0.0368 e. The lowest BCUT2D eigenvalue weighted by molar-refractivity contribution is 0.277. The second-order valence-corrected chi connectivity index (χ2v) is 6.02. The van der Waals surface area contributed by atoms with Crippen LogP contribution in [0.3, 0.4) is 0 Å². The molecule has 1 aromatic carbocycles. The summed E-state index contributed by atoms with van der Waals surface area (Å²) in [4.78, 5) is 4.93. The molecule has 1 heterocycles. The zero-order valence-corrected chi connectivity index (χ0v) is 14.2. The standard InChI is InChI=1S/C18H31N3/c1-5-18(6-2)15-21(14-13-19-18)17-11-9-16(10-12-17)20(7-3)8-4/h9-12,19H,5-8,13-15H2,1-4H3. The molecule has 2 rings (SSSR count). The van der Waals surface area contributed by atoms with Crippen LogP contribution in [-0.2, 0) is 0 Å². The van der Waals surface area contributed by atoms with E-state index < -0.39 is 0 Å². The van der Waals surface area contributed by atoms with Crippen LogP contribution in [0, 0.1) is 0 Å². The Balaban J connectivity index is 2.11. The Hall–Kier alpha value is -1.22. The Morgan fingerprint density at radius 1 is 1.05 bits per heavy atom. The van der Waals surface area contributed by atoms with Crippen LogP contribution in [0.2, 0.25) is 0 Å². The van der Waals surface area contributed by atoms with Crippen LogP contribution in [0.15, 0.2) is 24.3 Å². The zero-order chi connectivity index (χ0) is 15.3. The van der Waals surface area contributed by atoms with Crippen LogP contribution < -0.4 is 15.1 Å². The highest BCUT2D eigenvalue weighted by Crippen LogP contribution is 2.26. The zero-order valence-electron chi connectivity index (χ0n) is 14.2. The summed E-state index contributed by atoms with van der Waals surface area (Å²) in [6, 6.07) is 9.11. The van der Waals surface area contributed by atoms with Gasteiger partial charge in [0.25, 0.3) is 0 Å². The van der Waals surface area contributed by atoms with Gasteiger partial charge in [-0.2, -0.15) is 0 Å². The van der Waals surface area contributed by atoms with E-state index in [4.69, 9.17) is 0 Å². The summed E-state index contributed by atoms with van der Waals surface area (Å²) in [6.07, 6.45) is 2.38. The van der Waals surface area contributed by atoms with Gasteiger partial charge >= 0.3 is 0 Å². The van der Waals surface area contributed by atoms with E-state index >= 15 is 0 Å². The Bertz CT molecular complexity index is 419. The molecule has 0 bridgehead atoms. The molecule has 1 saturated heterocycles. The second-order valence-electron chi connectivity index (χ2n) is 6.02. The maximum absolute atomic E-state index is 3.73. The van der Waals surface area contributed by atoms with E-state index in [-0.39, 0.29) is 5.54 Å². The highest BCUT2D eigenvalue weighted by atomic mass is 15.2. The third kappa shape index (κ3) is 3.52. The molecule has 21 heavy (non-hydrogen) atoms. The van der Waals surface area contributed by atoms with Crippen molar-refractivity contribution in [3.8, 4) is 0 Å². The molecule has 118 valence electrons. The van der Waals surface area contributed by atoms with Crippen LogP contribution in [0.4, 0.5) is 11.4 Å². The van der Waals surface area contributed by atoms with Gasteiger partial charge in [-0.25, -0.2) is 0 Å².